The molecule has 0 saturated carbocycles. The summed E-state index contributed by atoms with van der Waals surface area (Å²) >= 11 is 0. The van der Waals surface area contributed by atoms with Crippen LogP contribution in [-0.4, -0.2) is 34.5 Å². The maximum Gasteiger partial charge on any atom is 0.326 e. The topological polar surface area (TPSA) is 57.6 Å². The summed E-state index contributed by atoms with van der Waals surface area (Å²) in [7, 11) is 0. The Morgan fingerprint density at radius 3 is 2.55 bits per heavy atom. The van der Waals surface area contributed by atoms with Crippen molar-refractivity contribution >= 4 is 11.9 Å². The summed E-state index contributed by atoms with van der Waals surface area (Å²) in [6.07, 6.45) is 1.39. The Morgan fingerprint density at radius 1 is 1.55 bits per heavy atom. The highest BCUT2D eigenvalue weighted by Gasteiger charge is 2.31. The second-order valence-corrected chi connectivity index (χ2v) is 2.71. The predicted octanol–water partition coefficient (Wildman–Crippen LogP) is 0.0819. The van der Waals surface area contributed by atoms with Gasteiger partial charge in [0.05, 0.1) is 0 Å². The number of likely N-dealkylation sites (tertiary alicyclic amines) is 1. The third kappa shape index (κ3) is 1.50. The first-order valence-corrected chi connectivity index (χ1v) is 3.63. The van der Waals surface area contributed by atoms with Gasteiger partial charge >= 0.3 is 5.97 Å². The van der Waals surface area contributed by atoms with Crippen molar-refractivity contribution in [2.24, 2.45) is 0 Å². The number of hydrogen-bond acceptors (Lipinski definition) is 2. The van der Waals surface area contributed by atoms with Gasteiger partial charge in [0.25, 0.3) is 0 Å². The van der Waals surface area contributed by atoms with Gasteiger partial charge in [-0.05, 0) is 12.8 Å². The quantitative estimate of drug-likeness (QED) is 0.586. The largest absolute Gasteiger partial charge is 0.480 e. The number of carbonyl (C=O) groups excluding carboxylic acids is 1. The molecule has 0 aromatic rings. The molecule has 4 heteroatoms. The van der Waals surface area contributed by atoms with Crippen LogP contribution in [0.5, 0.6) is 0 Å². The maximum absolute atomic E-state index is 10.8. The van der Waals surface area contributed by atoms with E-state index >= 15 is 0 Å². The van der Waals surface area contributed by atoms with Crippen molar-refractivity contribution < 1.29 is 14.7 Å². The Labute approximate surface area is 64.8 Å². The van der Waals surface area contributed by atoms with Crippen molar-refractivity contribution in [3.63, 3.8) is 0 Å². The van der Waals surface area contributed by atoms with Crippen molar-refractivity contribution in [3.05, 3.63) is 0 Å². The van der Waals surface area contributed by atoms with E-state index in [9.17, 15) is 9.59 Å². The number of aliphatic carboxylic acids is 1. The van der Waals surface area contributed by atoms with E-state index in [-0.39, 0.29) is 5.91 Å². The van der Waals surface area contributed by atoms with Crippen molar-refractivity contribution in [3.8, 4) is 0 Å². The van der Waals surface area contributed by atoms with Crippen LogP contribution in [0.1, 0.15) is 19.8 Å². The van der Waals surface area contributed by atoms with Crippen LogP contribution in [0.3, 0.4) is 0 Å². The third-order valence-corrected chi connectivity index (χ3v) is 1.94. The van der Waals surface area contributed by atoms with Gasteiger partial charge in [0, 0.05) is 13.5 Å². The number of carboxylic acid groups (broad SMARTS) is 1. The highest BCUT2D eigenvalue weighted by atomic mass is 16.4. The number of hydrogen-bond donors (Lipinski definition) is 1. The second kappa shape index (κ2) is 2.90. The summed E-state index contributed by atoms with van der Waals surface area (Å²) in [6, 6.07) is -0.576. The zero-order valence-electron chi connectivity index (χ0n) is 6.41. The Kier molecular flexibility index (Phi) is 2.12. The molecule has 1 amide bonds. The first-order valence-electron chi connectivity index (χ1n) is 3.63. The lowest BCUT2D eigenvalue weighted by molar-refractivity contribution is -0.147. The van der Waals surface area contributed by atoms with Gasteiger partial charge in [-0.15, -0.1) is 0 Å². The van der Waals surface area contributed by atoms with E-state index in [4.69, 9.17) is 5.11 Å². The minimum Gasteiger partial charge on any atom is -0.480 e. The first kappa shape index (κ1) is 8.04. The lowest BCUT2D eigenvalue weighted by Crippen LogP contribution is -2.38. The summed E-state index contributed by atoms with van der Waals surface area (Å²) in [4.78, 5) is 22.8. The van der Waals surface area contributed by atoms with Crippen LogP contribution in [-0.2, 0) is 9.59 Å². The standard InChI is InChI=1S/C7H11NO3/c1-5(9)8-4-2-3-6(8)7(10)11/h6H,2-4H2,1H3,(H,10,11)/t6-/m1/s1. The van der Waals surface area contributed by atoms with Crippen LogP contribution < -0.4 is 0 Å². The highest BCUT2D eigenvalue weighted by molar-refractivity contribution is 5.82. The number of nitrogens with zero attached hydrogens (tertiary/aromatic N) is 1. The normalized spacial score (nSPS) is 23.7. The van der Waals surface area contributed by atoms with Crippen molar-refractivity contribution in [2.75, 3.05) is 6.54 Å². The van der Waals surface area contributed by atoms with E-state index in [0.717, 1.165) is 6.42 Å². The van der Waals surface area contributed by atoms with Crippen LogP contribution in [0.4, 0.5) is 0 Å². The predicted molar refractivity (Wildman–Crippen MR) is 38.0 cm³/mol. The molecule has 4 nitrogen and oxygen atoms in total. The number of rotatable bonds is 1. The molecule has 0 unspecified atom stereocenters. The number of carboxylic acids is 1. The lowest BCUT2D eigenvalue weighted by Gasteiger charge is -2.18. The van der Waals surface area contributed by atoms with E-state index in [2.05, 4.69) is 0 Å². The van der Waals surface area contributed by atoms with Crippen LogP contribution in [0.2, 0.25) is 0 Å². The van der Waals surface area contributed by atoms with Crippen molar-refractivity contribution in [1.29, 1.82) is 0 Å². The average molecular weight is 157 g/mol. The molecule has 1 aliphatic heterocycles. The van der Waals surface area contributed by atoms with Crippen molar-refractivity contribution in [2.45, 2.75) is 25.8 Å². The van der Waals surface area contributed by atoms with Gasteiger partial charge in [-0.3, -0.25) is 4.79 Å². The minimum absolute atomic E-state index is 0.144. The summed E-state index contributed by atoms with van der Waals surface area (Å²) in [5.74, 6) is -1.03. The zero-order valence-corrected chi connectivity index (χ0v) is 6.41. The number of carbonyl (C=O) groups is 2. The molecule has 1 aliphatic rings. The van der Waals surface area contributed by atoms with Gasteiger partial charge in [0.15, 0.2) is 0 Å². The van der Waals surface area contributed by atoms with Crippen LogP contribution in [0, 0.1) is 0 Å². The van der Waals surface area contributed by atoms with E-state index in [1.165, 1.54) is 11.8 Å². The fourth-order valence-corrected chi connectivity index (χ4v) is 1.40. The molecule has 0 spiro atoms. The second-order valence-electron chi connectivity index (χ2n) is 2.71. The summed E-state index contributed by atoms with van der Waals surface area (Å²) in [5.41, 5.74) is 0. The lowest BCUT2D eigenvalue weighted by atomic mass is 10.2. The molecule has 1 fully saturated rings. The van der Waals surface area contributed by atoms with Gasteiger partial charge in [0.2, 0.25) is 5.91 Å². The summed E-state index contributed by atoms with van der Waals surface area (Å²) in [5, 5.41) is 8.64. The van der Waals surface area contributed by atoms with Gasteiger partial charge in [-0.1, -0.05) is 0 Å². The molecular weight excluding hydrogens is 146 g/mol. The summed E-state index contributed by atoms with van der Waals surface area (Å²) in [6.45, 7) is 1.99. The Morgan fingerprint density at radius 2 is 2.18 bits per heavy atom. The SMILES string of the molecule is CC(=O)N1CCC[C@@H]1C(=O)O. The smallest absolute Gasteiger partial charge is 0.326 e. The molecular formula is C7H11NO3. The molecule has 1 atom stereocenters. The van der Waals surface area contributed by atoms with Crippen LogP contribution in [0.25, 0.3) is 0 Å². The molecule has 0 aromatic heterocycles. The Bertz CT molecular complexity index is 170. The molecule has 1 rings (SSSR count). The van der Waals surface area contributed by atoms with Gasteiger partial charge in [-0.25, -0.2) is 4.79 Å². The number of amides is 1. The molecule has 0 bridgehead atoms. The zero-order chi connectivity index (χ0) is 8.43. The van der Waals surface area contributed by atoms with Crippen LogP contribution >= 0.6 is 0 Å². The van der Waals surface area contributed by atoms with Gasteiger partial charge in [0.1, 0.15) is 6.04 Å². The van der Waals surface area contributed by atoms with E-state index in [1.807, 2.05) is 0 Å². The Hall–Kier alpha value is -1.06. The summed E-state index contributed by atoms with van der Waals surface area (Å²) < 4.78 is 0. The van der Waals surface area contributed by atoms with E-state index in [1.54, 1.807) is 0 Å². The highest BCUT2D eigenvalue weighted by Crippen LogP contribution is 2.16. The molecule has 62 valence electrons. The minimum atomic E-state index is -0.891. The monoisotopic (exact) mass is 157 g/mol. The van der Waals surface area contributed by atoms with Crippen molar-refractivity contribution in [1.82, 2.24) is 4.90 Å². The third-order valence-electron chi connectivity index (χ3n) is 1.94. The molecule has 1 saturated heterocycles. The van der Waals surface area contributed by atoms with E-state index < -0.39 is 12.0 Å². The Balaban J connectivity index is 2.65. The van der Waals surface area contributed by atoms with E-state index in [0.29, 0.717) is 13.0 Å². The average Bonchev–Trinajstić information content (AvgIpc) is 2.32. The maximum atomic E-state index is 10.8. The molecule has 0 aliphatic carbocycles. The molecule has 11 heavy (non-hydrogen) atoms. The molecule has 0 aromatic carbocycles. The first-order chi connectivity index (χ1) is 5.13. The fraction of sp³-hybridized carbons (Fsp3) is 0.714. The van der Waals surface area contributed by atoms with Crippen LogP contribution in [0.15, 0.2) is 0 Å². The van der Waals surface area contributed by atoms with Gasteiger partial charge in [-0.2, -0.15) is 0 Å². The molecule has 1 heterocycles. The molecule has 1 N–H and O–H groups in total. The fourth-order valence-electron chi connectivity index (χ4n) is 1.40. The molecule has 0 radical (unpaired) electrons. The van der Waals surface area contributed by atoms with Gasteiger partial charge < -0.3 is 10.0 Å².